The normalized spacial score (nSPS) is 11.2. The Morgan fingerprint density at radius 2 is 1.78 bits per heavy atom. The van der Waals surface area contributed by atoms with Crippen molar-refractivity contribution in [3.63, 3.8) is 0 Å². The Balaban J connectivity index is 1.95. The van der Waals surface area contributed by atoms with Crippen LogP contribution in [0.5, 0.6) is 0 Å². The Kier molecular flexibility index (Phi) is 6.45. The van der Waals surface area contributed by atoms with Crippen molar-refractivity contribution in [1.29, 1.82) is 0 Å². The molecule has 27 heavy (non-hydrogen) atoms. The van der Waals surface area contributed by atoms with E-state index in [1.54, 1.807) is 24.3 Å². The zero-order valence-electron chi connectivity index (χ0n) is 14.4. The molecule has 2 amide bonds. The molecule has 0 aromatic heterocycles. The lowest BCUT2D eigenvalue weighted by atomic mass is 10.1. The van der Waals surface area contributed by atoms with Gasteiger partial charge in [0, 0.05) is 23.3 Å². The Hall–Kier alpha value is -2.58. The second-order valence-corrected chi connectivity index (χ2v) is 6.17. The van der Waals surface area contributed by atoms with Crippen LogP contribution >= 0.6 is 11.6 Å². The maximum atomic E-state index is 12.8. The highest BCUT2D eigenvalue weighted by molar-refractivity contribution is 6.30. The van der Waals surface area contributed by atoms with Gasteiger partial charge < -0.3 is 4.90 Å². The third-order valence-electron chi connectivity index (χ3n) is 3.62. The molecule has 2 aromatic carbocycles. The van der Waals surface area contributed by atoms with Crippen molar-refractivity contribution < 1.29 is 27.6 Å². The van der Waals surface area contributed by atoms with Gasteiger partial charge in [0.25, 0.3) is 11.8 Å². The first-order valence-electron chi connectivity index (χ1n) is 7.71. The zero-order valence-corrected chi connectivity index (χ0v) is 15.2. The second-order valence-electron chi connectivity index (χ2n) is 5.73. The van der Waals surface area contributed by atoms with E-state index in [1.165, 1.54) is 24.9 Å². The predicted octanol–water partition coefficient (Wildman–Crippen LogP) is 3.99. The lowest BCUT2D eigenvalue weighted by Crippen LogP contribution is -2.34. The fraction of sp³-hybridized carbons (Fsp3) is 0.222. The van der Waals surface area contributed by atoms with Gasteiger partial charge in [0.1, 0.15) is 0 Å². The summed E-state index contributed by atoms with van der Waals surface area (Å²) in [5.41, 5.74) is 1.65. The molecule has 0 aliphatic heterocycles. The van der Waals surface area contributed by atoms with Crippen LogP contribution in [0.15, 0.2) is 42.5 Å². The number of nitrogens with zero attached hydrogens (tertiary/aromatic N) is 1. The summed E-state index contributed by atoms with van der Waals surface area (Å²) in [6, 6.07) is 9.41. The molecule has 0 aliphatic carbocycles. The molecule has 0 saturated carbocycles. The molecule has 9 heteroatoms. The number of hydrogen-bond donors (Lipinski definition) is 1. The van der Waals surface area contributed by atoms with E-state index < -0.39 is 30.2 Å². The number of halogens is 4. The number of alkyl halides is 3. The molecule has 144 valence electrons. The minimum atomic E-state index is -4.57. The minimum Gasteiger partial charge on any atom is -0.313 e. The highest BCUT2D eigenvalue weighted by Gasteiger charge is 2.31. The van der Waals surface area contributed by atoms with Crippen LogP contribution < -0.4 is 10.4 Å². The van der Waals surface area contributed by atoms with E-state index in [0.717, 1.165) is 6.07 Å². The largest absolute Gasteiger partial charge is 0.416 e. The van der Waals surface area contributed by atoms with E-state index >= 15 is 0 Å². The van der Waals surface area contributed by atoms with E-state index in [1.807, 2.05) is 5.48 Å². The summed E-state index contributed by atoms with van der Waals surface area (Å²) in [7, 11) is 1.51. The van der Waals surface area contributed by atoms with E-state index in [4.69, 9.17) is 16.4 Å². The number of hydroxylamine groups is 1. The Labute approximate surface area is 158 Å². The molecule has 0 saturated heterocycles. The number of benzene rings is 2. The molecule has 2 rings (SSSR count). The van der Waals surface area contributed by atoms with Crippen LogP contribution in [0.1, 0.15) is 21.5 Å². The SMILES string of the molecule is Cc1cc(C(=O)NOCC(=O)N(C)c2ccc(Cl)cc2)cc(C(F)(F)F)c1. The van der Waals surface area contributed by atoms with Gasteiger partial charge in [-0.3, -0.25) is 14.4 Å². The van der Waals surface area contributed by atoms with Crippen molar-refractivity contribution in [2.24, 2.45) is 0 Å². The maximum absolute atomic E-state index is 12.8. The van der Waals surface area contributed by atoms with Crippen molar-refractivity contribution in [3.8, 4) is 0 Å². The summed E-state index contributed by atoms with van der Waals surface area (Å²) < 4.78 is 38.5. The number of rotatable bonds is 5. The van der Waals surface area contributed by atoms with Crippen LogP contribution in [0, 0.1) is 6.92 Å². The summed E-state index contributed by atoms with van der Waals surface area (Å²) in [6.07, 6.45) is -4.57. The third-order valence-corrected chi connectivity index (χ3v) is 3.87. The highest BCUT2D eigenvalue weighted by atomic mass is 35.5. The number of nitrogens with one attached hydrogen (secondary N) is 1. The fourth-order valence-corrected chi connectivity index (χ4v) is 2.33. The third kappa shape index (κ3) is 5.70. The number of amides is 2. The van der Waals surface area contributed by atoms with Crippen molar-refractivity contribution in [1.82, 2.24) is 5.48 Å². The van der Waals surface area contributed by atoms with Crippen LogP contribution in [0.4, 0.5) is 18.9 Å². The van der Waals surface area contributed by atoms with E-state index in [-0.39, 0.29) is 11.1 Å². The molecular formula is C18H16ClF3N2O3. The molecule has 0 heterocycles. The summed E-state index contributed by atoms with van der Waals surface area (Å²) >= 11 is 5.78. The lowest BCUT2D eigenvalue weighted by Gasteiger charge is -2.17. The topological polar surface area (TPSA) is 58.6 Å². The minimum absolute atomic E-state index is 0.221. The molecular weight excluding hydrogens is 385 g/mol. The Morgan fingerprint density at radius 1 is 1.15 bits per heavy atom. The standard InChI is InChI=1S/C18H16ClF3N2O3/c1-11-7-12(9-13(8-11)18(20,21)22)17(26)23-27-10-16(25)24(2)15-5-3-14(19)4-6-15/h3-9H,10H2,1-2H3,(H,23,26). The fourth-order valence-electron chi connectivity index (χ4n) is 2.21. The van der Waals surface area contributed by atoms with Gasteiger partial charge in [0.2, 0.25) is 0 Å². The smallest absolute Gasteiger partial charge is 0.313 e. The van der Waals surface area contributed by atoms with Gasteiger partial charge >= 0.3 is 6.18 Å². The Morgan fingerprint density at radius 3 is 2.37 bits per heavy atom. The first-order valence-corrected chi connectivity index (χ1v) is 8.09. The number of carbonyl (C=O) groups excluding carboxylic acids is 2. The molecule has 0 unspecified atom stereocenters. The van der Waals surface area contributed by atoms with Gasteiger partial charge in [0.15, 0.2) is 6.61 Å². The second kappa shape index (κ2) is 8.41. The maximum Gasteiger partial charge on any atom is 0.416 e. The number of likely N-dealkylation sites (N-methyl/N-ethyl adjacent to an activating group) is 1. The number of hydrogen-bond acceptors (Lipinski definition) is 3. The van der Waals surface area contributed by atoms with Gasteiger partial charge in [-0.1, -0.05) is 11.6 Å². The van der Waals surface area contributed by atoms with E-state index in [0.29, 0.717) is 16.8 Å². The van der Waals surface area contributed by atoms with Gasteiger partial charge in [0.05, 0.1) is 5.56 Å². The zero-order chi connectivity index (χ0) is 20.2. The molecule has 0 aliphatic rings. The molecule has 0 atom stereocenters. The van der Waals surface area contributed by atoms with Gasteiger partial charge in [-0.2, -0.15) is 13.2 Å². The van der Waals surface area contributed by atoms with Crippen LogP contribution in [0.2, 0.25) is 5.02 Å². The van der Waals surface area contributed by atoms with Gasteiger partial charge in [-0.05, 0) is 55.0 Å². The first-order chi connectivity index (χ1) is 12.6. The van der Waals surface area contributed by atoms with Crippen molar-refractivity contribution in [3.05, 3.63) is 64.2 Å². The highest BCUT2D eigenvalue weighted by Crippen LogP contribution is 2.30. The number of anilines is 1. The predicted molar refractivity (Wildman–Crippen MR) is 94.5 cm³/mol. The first kappa shape index (κ1) is 20.7. The molecule has 2 aromatic rings. The molecule has 0 fully saturated rings. The number of aryl methyl sites for hydroxylation is 1. The van der Waals surface area contributed by atoms with E-state index in [9.17, 15) is 22.8 Å². The van der Waals surface area contributed by atoms with Gasteiger partial charge in [-0.15, -0.1) is 0 Å². The van der Waals surface area contributed by atoms with Gasteiger partial charge in [-0.25, -0.2) is 5.48 Å². The monoisotopic (exact) mass is 400 g/mol. The molecule has 5 nitrogen and oxygen atoms in total. The van der Waals surface area contributed by atoms with Crippen LogP contribution in [-0.2, 0) is 15.8 Å². The molecule has 0 bridgehead atoms. The van der Waals surface area contributed by atoms with Crippen LogP contribution in [0.3, 0.4) is 0 Å². The van der Waals surface area contributed by atoms with Crippen LogP contribution in [-0.4, -0.2) is 25.5 Å². The average molecular weight is 401 g/mol. The Bertz CT molecular complexity index is 839. The number of carbonyl (C=O) groups is 2. The van der Waals surface area contributed by atoms with E-state index in [2.05, 4.69) is 0 Å². The average Bonchev–Trinajstić information content (AvgIpc) is 2.60. The van der Waals surface area contributed by atoms with Crippen molar-refractivity contribution in [2.45, 2.75) is 13.1 Å². The summed E-state index contributed by atoms with van der Waals surface area (Å²) in [5, 5.41) is 0.513. The molecule has 0 spiro atoms. The molecule has 0 radical (unpaired) electrons. The quantitative estimate of drug-likeness (QED) is 0.772. The molecule has 1 N–H and O–H groups in total. The summed E-state index contributed by atoms with van der Waals surface area (Å²) in [4.78, 5) is 30.2. The van der Waals surface area contributed by atoms with Crippen LogP contribution in [0.25, 0.3) is 0 Å². The lowest BCUT2D eigenvalue weighted by molar-refractivity contribution is -0.137. The van der Waals surface area contributed by atoms with Crippen molar-refractivity contribution >= 4 is 29.1 Å². The van der Waals surface area contributed by atoms with Crippen molar-refractivity contribution in [2.75, 3.05) is 18.6 Å². The summed E-state index contributed by atoms with van der Waals surface area (Å²) in [6.45, 7) is 0.945. The summed E-state index contributed by atoms with van der Waals surface area (Å²) in [5.74, 6) is -1.36.